The summed E-state index contributed by atoms with van der Waals surface area (Å²) in [4.78, 5) is 50.0. The van der Waals surface area contributed by atoms with Gasteiger partial charge < -0.3 is 38.4 Å². The molecule has 0 heterocycles. The second-order valence-corrected chi connectivity index (χ2v) is 19.3. The summed E-state index contributed by atoms with van der Waals surface area (Å²) in [7, 11) is 4.01. The first-order valence-electron chi connectivity index (χ1n) is 27.6. The molecule has 0 amide bonds. The summed E-state index contributed by atoms with van der Waals surface area (Å²) in [5.41, 5.74) is 6.77. The third-order valence-electron chi connectivity index (χ3n) is 13.0. The largest absolute Gasteiger partial charge is 0.513 e. The number of carbonyl (C=O) groups excluding carboxylic acids is 3. The van der Waals surface area contributed by atoms with Gasteiger partial charge in [0.05, 0.1) is 50.0 Å². The van der Waals surface area contributed by atoms with E-state index in [1.54, 1.807) is 6.07 Å². The number of unbranched alkanes of at least 4 members (excludes halogenated alkanes) is 15. The number of esters is 3. The zero-order chi connectivity index (χ0) is 55.6. The Morgan fingerprint density at radius 2 is 0.859 bits per heavy atom. The smallest absolute Gasteiger partial charge is 0.494 e. The molecule has 14 heteroatoms. The normalized spacial score (nSPS) is 10.9. The molecular weight excluding hydrogens is 987 g/mol. The van der Waals surface area contributed by atoms with Crippen LogP contribution in [-0.2, 0) is 30.2 Å². The summed E-state index contributed by atoms with van der Waals surface area (Å²) in [5.74, 6) is 0.445. The second-order valence-electron chi connectivity index (χ2n) is 19.3. The van der Waals surface area contributed by atoms with Crippen molar-refractivity contribution >= 4 is 41.1 Å². The van der Waals surface area contributed by atoms with Gasteiger partial charge in [-0.25, -0.2) is 19.2 Å². The van der Waals surface area contributed by atoms with Crippen molar-refractivity contribution in [2.24, 2.45) is 10.2 Å². The molecule has 5 aromatic rings. The van der Waals surface area contributed by atoms with Crippen LogP contribution < -0.4 is 19.1 Å². The minimum Gasteiger partial charge on any atom is -0.494 e. The highest BCUT2D eigenvalue weighted by Gasteiger charge is 2.23. The van der Waals surface area contributed by atoms with Crippen LogP contribution in [0.25, 0.3) is 22.3 Å². The number of benzene rings is 5. The summed E-state index contributed by atoms with van der Waals surface area (Å²) < 4.78 is 33.0. The van der Waals surface area contributed by atoms with Gasteiger partial charge in [-0.1, -0.05) is 94.9 Å². The van der Waals surface area contributed by atoms with Crippen LogP contribution in [0.1, 0.15) is 131 Å². The number of nitrogens with zero attached hydrogens (tertiary/aromatic N) is 3. The molecule has 0 aliphatic carbocycles. The molecular formula is C64H79N3O11. The molecule has 0 aliphatic rings. The lowest BCUT2D eigenvalue weighted by Crippen LogP contribution is -2.13. The number of rotatable bonds is 38. The lowest BCUT2D eigenvalue weighted by molar-refractivity contribution is -0.138. The number of hydrogen-bond acceptors (Lipinski definition) is 13. The summed E-state index contributed by atoms with van der Waals surface area (Å²) in [6.07, 6.45) is 19.2. The third-order valence-corrected chi connectivity index (χ3v) is 13.0. The first kappa shape index (κ1) is 61.1. The van der Waals surface area contributed by atoms with Crippen LogP contribution in [0.4, 0.5) is 21.9 Å². The Balaban J connectivity index is 1.11. The minimum atomic E-state index is -1.67. The first-order chi connectivity index (χ1) is 38.0. The van der Waals surface area contributed by atoms with Crippen LogP contribution in [0.15, 0.2) is 145 Å². The van der Waals surface area contributed by atoms with Crippen molar-refractivity contribution in [1.82, 2.24) is 0 Å². The maximum absolute atomic E-state index is 13.7. The van der Waals surface area contributed by atoms with Gasteiger partial charge in [0.15, 0.2) is 0 Å². The number of azo groups is 1. The van der Waals surface area contributed by atoms with Gasteiger partial charge in [-0.3, -0.25) is 0 Å². The summed E-state index contributed by atoms with van der Waals surface area (Å²) in [6.45, 7) is 9.29. The Labute approximate surface area is 461 Å². The molecule has 0 unspecified atom stereocenters. The van der Waals surface area contributed by atoms with E-state index < -0.39 is 24.1 Å². The van der Waals surface area contributed by atoms with Gasteiger partial charge in [0.1, 0.15) is 17.2 Å². The highest BCUT2D eigenvalue weighted by atomic mass is 16.7. The molecule has 5 rings (SSSR count). The van der Waals surface area contributed by atoms with Gasteiger partial charge in [-0.15, -0.1) is 0 Å². The molecule has 0 atom stereocenters. The molecule has 1 N–H and O–H groups in total. The van der Waals surface area contributed by atoms with E-state index in [0.717, 1.165) is 147 Å². The molecule has 0 spiro atoms. The van der Waals surface area contributed by atoms with E-state index in [2.05, 4.69) is 29.5 Å². The molecule has 0 aliphatic heterocycles. The van der Waals surface area contributed by atoms with E-state index in [0.29, 0.717) is 56.5 Å². The van der Waals surface area contributed by atoms with Crippen molar-refractivity contribution in [3.8, 4) is 39.5 Å². The van der Waals surface area contributed by atoms with Crippen molar-refractivity contribution in [3.05, 3.63) is 146 Å². The Kier molecular flexibility index (Phi) is 27.9. The van der Waals surface area contributed by atoms with Crippen LogP contribution >= 0.6 is 0 Å². The molecule has 0 radical (unpaired) electrons. The lowest BCUT2D eigenvalue weighted by atomic mass is 9.87. The predicted octanol–water partition coefficient (Wildman–Crippen LogP) is 16.2. The van der Waals surface area contributed by atoms with Gasteiger partial charge in [-0.2, -0.15) is 10.2 Å². The SMILES string of the molecule is C=CC(=O)OCCCCCCOc1ccc(-c2cc(CCCCCCCCCCCCOc3ccc(N=Nc4ccc(N(C)C)cc4)cc3)c(-c3ccc(OCCCCCCOC(=O)C=C)cc3)c(C(=O)OC(=O)O)c2)cc1. The molecule has 0 fully saturated rings. The van der Waals surface area contributed by atoms with Crippen LogP contribution in [-0.4, -0.2) is 76.3 Å². The Hall–Kier alpha value is -7.74. The average molecular weight is 1070 g/mol. The maximum Gasteiger partial charge on any atom is 0.513 e. The molecule has 78 heavy (non-hydrogen) atoms. The second kappa shape index (κ2) is 35.6. The number of carbonyl (C=O) groups is 4. The number of ether oxygens (including phenoxy) is 6. The number of anilines is 1. The monoisotopic (exact) mass is 1070 g/mol. The molecule has 14 nitrogen and oxygen atoms in total. The van der Waals surface area contributed by atoms with Crippen LogP contribution in [0.3, 0.4) is 0 Å². The maximum atomic E-state index is 13.7. The van der Waals surface area contributed by atoms with Gasteiger partial charge in [0.25, 0.3) is 0 Å². The standard InChI is InChI=1S/C64H79N3O11/c1-5-60(68)76-45-23-17-15-21-43-73-56-36-26-49(27-37-56)52-47-51(62(59(48-52)63(70)78-64(71)72)50-28-38-57(39-29-50)74-44-22-16-18-24-46-77-61(69)6-2)25-19-13-11-9-7-8-10-12-14-20-42-75-58-40-32-54(33-41-58)66-65-53-30-34-55(35-31-53)67(3)4/h5-6,26-41,47-48H,1-2,7-25,42-46H2,3-4H3,(H,71,72). The Morgan fingerprint density at radius 3 is 1.28 bits per heavy atom. The fourth-order valence-electron chi connectivity index (χ4n) is 8.69. The molecule has 5 aromatic carbocycles. The van der Waals surface area contributed by atoms with Crippen molar-refractivity contribution in [1.29, 1.82) is 0 Å². The van der Waals surface area contributed by atoms with Crippen molar-refractivity contribution < 1.29 is 52.7 Å². The zero-order valence-corrected chi connectivity index (χ0v) is 45.8. The fraction of sp³-hybridized carbons (Fsp3) is 0.406. The Bertz CT molecular complexity index is 2630. The van der Waals surface area contributed by atoms with E-state index >= 15 is 0 Å². The van der Waals surface area contributed by atoms with Crippen molar-refractivity contribution in [2.75, 3.05) is 52.0 Å². The van der Waals surface area contributed by atoms with E-state index in [-0.39, 0.29) is 5.56 Å². The third kappa shape index (κ3) is 23.2. The predicted molar refractivity (Wildman–Crippen MR) is 308 cm³/mol. The molecule has 0 saturated heterocycles. The quantitative estimate of drug-likeness (QED) is 0.00992. The van der Waals surface area contributed by atoms with E-state index in [1.807, 2.05) is 116 Å². The number of hydrogen-bond donors (Lipinski definition) is 1. The van der Waals surface area contributed by atoms with Gasteiger partial charge in [-0.05, 0) is 177 Å². The number of aryl methyl sites for hydroxylation is 1. The Morgan fingerprint density at radius 1 is 0.474 bits per heavy atom. The zero-order valence-electron chi connectivity index (χ0n) is 45.8. The number of carboxylic acid groups (broad SMARTS) is 1. The van der Waals surface area contributed by atoms with Crippen molar-refractivity contribution in [2.45, 2.75) is 122 Å². The van der Waals surface area contributed by atoms with Gasteiger partial charge in [0, 0.05) is 31.9 Å². The van der Waals surface area contributed by atoms with Gasteiger partial charge >= 0.3 is 24.1 Å². The van der Waals surface area contributed by atoms with E-state index in [9.17, 15) is 24.3 Å². The average Bonchev–Trinajstić information content (AvgIpc) is 3.45. The molecule has 416 valence electrons. The van der Waals surface area contributed by atoms with Crippen LogP contribution in [0.2, 0.25) is 0 Å². The minimum absolute atomic E-state index is 0.166. The topological polar surface area (TPSA) is 172 Å². The molecule has 0 aromatic heterocycles. The lowest BCUT2D eigenvalue weighted by Gasteiger charge is -2.18. The van der Waals surface area contributed by atoms with E-state index in [4.69, 9.17) is 28.4 Å². The van der Waals surface area contributed by atoms with E-state index in [1.165, 1.54) is 25.7 Å². The van der Waals surface area contributed by atoms with Crippen molar-refractivity contribution in [3.63, 3.8) is 0 Å². The van der Waals surface area contributed by atoms with Crippen LogP contribution in [0.5, 0.6) is 17.2 Å². The van der Waals surface area contributed by atoms with Gasteiger partial charge in [0.2, 0.25) is 0 Å². The highest BCUT2D eigenvalue weighted by Crippen LogP contribution is 2.36. The first-order valence-corrected chi connectivity index (χ1v) is 27.6. The molecule has 0 saturated carbocycles. The van der Waals surface area contributed by atoms with Crippen LogP contribution in [0, 0.1) is 0 Å². The fourth-order valence-corrected chi connectivity index (χ4v) is 8.69. The molecule has 0 bridgehead atoms. The summed E-state index contributed by atoms with van der Waals surface area (Å²) >= 11 is 0. The summed E-state index contributed by atoms with van der Waals surface area (Å²) in [5, 5.41) is 18.3. The summed E-state index contributed by atoms with van der Waals surface area (Å²) in [6, 6.07) is 34.7. The highest BCUT2D eigenvalue weighted by molar-refractivity contribution is 6.03.